The SMILES string of the molecule is Fc1ccc(CCNc2nccn2C2CCCC2)cc1. The van der Waals surface area contributed by atoms with E-state index in [-0.39, 0.29) is 5.82 Å². The number of rotatable bonds is 5. The minimum absolute atomic E-state index is 0.182. The minimum Gasteiger partial charge on any atom is -0.355 e. The van der Waals surface area contributed by atoms with Crippen LogP contribution in [-0.2, 0) is 6.42 Å². The summed E-state index contributed by atoms with van der Waals surface area (Å²) in [5.41, 5.74) is 1.14. The molecule has 1 aliphatic rings. The number of halogens is 1. The van der Waals surface area contributed by atoms with Gasteiger partial charge in [0.1, 0.15) is 5.82 Å². The molecule has 4 heteroatoms. The van der Waals surface area contributed by atoms with Gasteiger partial charge in [-0.15, -0.1) is 0 Å². The van der Waals surface area contributed by atoms with Crippen LogP contribution in [0.2, 0.25) is 0 Å². The van der Waals surface area contributed by atoms with E-state index in [0.717, 1.165) is 24.5 Å². The van der Waals surface area contributed by atoms with E-state index in [4.69, 9.17) is 0 Å². The maximum Gasteiger partial charge on any atom is 0.203 e. The molecule has 0 unspecified atom stereocenters. The third-order valence-corrected chi connectivity index (χ3v) is 4.00. The maximum absolute atomic E-state index is 12.8. The van der Waals surface area contributed by atoms with Crippen molar-refractivity contribution in [2.24, 2.45) is 0 Å². The van der Waals surface area contributed by atoms with Gasteiger partial charge in [-0.3, -0.25) is 0 Å². The molecule has 0 bridgehead atoms. The predicted molar refractivity (Wildman–Crippen MR) is 78.3 cm³/mol. The lowest BCUT2D eigenvalue weighted by molar-refractivity contribution is 0.523. The van der Waals surface area contributed by atoms with Crippen LogP contribution in [-0.4, -0.2) is 16.1 Å². The first kappa shape index (κ1) is 13.2. The third kappa shape index (κ3) is 3.00. The molecule has 0 radical (unpaired) electrons. The van der Waals surface area contributed by atoms with Crippen LogP contribution in [0.25, 0.3) is 0 Å². The van der Waals surface area contributed by atoms with Gasteiger partial charge in [0.25, 0.3) is 0 Å². The largest absolute Gasteiger partial charge is 0.355 e. The fourth-order valence-electron chi connectivity index (χ4n) is 2.90. The van der Waals surface area contributed by atoms with Crippen molar-refractivity contribution in [3.05, 3.63) is 48.0 Å². The Hall–Kier alpha value is -1.84. The van der Waals surface area contributed by atoms with E-state index in [1.54, 1.807) is 0 Å². The zero-order valence-corrected chi connectivity index (χ0v) is 11.6. The van der Waals surface area contributed by atoms with Crippen molar-refractivity contribution in [3.63, 3.8) is 0 Å². The molecule has 1 fully saturated rings. The fraction of sp³-hybridized carbons (Fsp3) is 0.438. The molecule has 1 saturated carbocycles. The van der Waals surface area contributed by atoms with Gasteiger partial charge in [0.2, 0.25) is 5.95 Å². The van der Waals surface area contributed by atoms with Gasteiger partial charge >= 0.3 is 0 Å². The molecule has 20 heavy (non-hydrogen) atoms. The van der Waals surface area contributed by atoms with Crippen LogP contribution in [0, 0.1) is 5.82 Å². The second kappa shape index (κ2) is 6.07. The van der Waals surface area contributed by atoms with Gasteiger partial charge < -0.3 is 9.88 Å². The van der Waals surface area contributed by atoms with Crippen molar-refractivity contribution in [2.75, 3.05) is 11.9 Å². The summed E-state index contributed by atoms with van der Waals surface area (Å²) in [7, 11) is 0. The van der Waals surface area contributed by atoms with Crippen LogP contribution in [0.4, 0.5) is 10.3 Å². The summed E-state index contributed by atoms with van der Waals surface area (Å²) >= 11 is 0. The Kier molecular flexibility index (Phi) is 4.00. The van der Waals surface area contributed by atoms with Crippen LogP contribution >= 0.6 is 0 Å². The number of benzene rings is 1. The Morgan fingerprint density at radius 3 is 2.70 bits per heavy atom. The highest BCUT2D eigenvalue weighted by Gasteiger charge is 2.18. The van der Waals surface area contributed by atoms with E-state index in [1.807, 2.05) is 18.3 Å². The van der Waals surface area contributed by atoms with Crippen molar-refractivity contribution in [1.82, 2.24) is 9.55 Å². The smallest absolute Gasteiger partial charge is 0.203 e. The molecule has 0 aliphatic heterocycles. The molecule has 0 spiro atoms. The molecule has 0 amide bonds. The topological polar surface area (TPSA) is 29.9 Å². The van der Waals surface area contributed by atoms with Crippen LogP contribution in [0.15, 0.2) is 36.7 Å². The normalized spacial score (nSPS) is 15.7. The van der Waals surface area contributed by atoms with Gasteiger partial charge in [-0.25, -0.2) is 9.37 Å². The fourth-order valence-corrected chi connectivity index (χ4v) is 2.90. The Balaban J connectivity index is 1.56. The second-order valence-corrected chi connectivity index (χ2v) is 5.40. The average molecular weight is 273 g/mol. The summed E-state index contributed by atoms with van der Waals surface area (Å²) < 4.78 is 15.1. The molecule has 1 N–H and O–H groups in total. The lowest BCUT2D eigenvalue weighted by Gasteiger charge is -2.15. The van der Waals surface area contributed by atoms with Crippen molar-refractivity contribution in [2.45, 2.75) is 38.1 Å². The van der Waals surface area contributed by atoms with Gasteiger partial charge in [-0.05, 0) is 37.0 Å². The summed E-state index contributed by atoms with van der Waals surface area (Å²) in [5.74, 6) is 0.775. The van der Waals surface area contributed by atoms with E-state index in [2.05, 4.69) is 21.1 Å². The number of imidazole rings is 1. The van der Waals surface area contributed by atoms with E-state index in [9.17, 15) is 4.39 Å². The number of aromatic nitrogens is 2. The van der Waals surface area contributed by atoms with Gasteiger partial charge in [0, 0.05) is 25.0 Å². The highest BCUT2D eigenvalue weighted by atomic mass is 19.1. The van der Waals surface area contributed by atoms with Crippen molar-refractivity contribution in [3.8, 4) is 0 Å². The van der Waals surface area contributed by atoms with Crippen molar-refractivity contribution >= 4 is 5.95 Å². The van der Waals surface area contributed by atoms with Gasteiger partial charge in [-0.2, -0.15) is 0 Å². The van der Waals surface area contributed by atoms with Crippen molar-refractivity contribution in [1.29, 1.82) is 0 Å². The second-order valence-electron chi connectivity index (χ2n) is 5.40. The molecule has 0 saturated heterocycles. The van der Waals surface area contributed by atoms with E-state index >= 15 is 0 Å². The molecule has 1 aromatic heterocycles. The Bertz CT molecular complexity index is 541. The van der Waals surface area contributed by atoms with Gasteiger partial charge in [-0.1, -0.05) is 25.0 Å². The first-order chi connectivity index (χ1) is 9.83. The summed E-state index contributed by atoms with van der Waals surface area (Å²) in [6.07, 6.45) is 9.94. The number of anilines is 1. The Morgan fingerprint density at radius 2 is 1.95 bits per heavy atom. The number of nitrogens with one attached hydrogen (secondary N) is 1. The molecule has 2 aromatic rings. The molecular formula is C16H20FN3. The third-order valence-electron chi connectivity index (χ3n) is 4.00. The van der Waals surface area contributed by atoms with Crippen LogP contribution < -0.4 is 5.32 Å². The number of hydrogen-bond donors (Lipinski definition) is 1. The molecule has 106 valence electrons. The lowest BCUT2D eigenvalue weighted by Crippen LogP contribution is -2.13. The molecule has 3 rings (SSSR count). The number of hydrogen-bond acceptors (Lipinski definition) is 2. The molecule has 1 heterocycles. The Labute approximate surface area is 118 Å². The van der Waals surface area contributed by atoms with E-state index < -0.39 is 0 Å². The van der Waals surface area contributed by atoms with Crippen LogP contribution in [0.5, 0.6) is 0 Å². The van der Waals surface area contributed by atoms with Crippen LogP contribution in [0.3, 0.4) is 0 Å². The quantitative estimate of drug-likeness (QED) is 0.898. The molecular weight excluding hydrogens is 253 g/mol. The lowest BCUT2D eigenvalue weighted by atomic mass is 10.1. The molecule has 1 aromatic carbocycles. The molecule has 1 aliphatic carbocycles. The van der Waals surface area contributed by atoms with E-state index in [0.29, 0.717) is 6.04 Å². The predicted octanol–water partition coefficient (Wildman–Crippen LogP) is 3.79. The molecule has 3 nitrogen and oxygen atoms in total. The first-order valence-corrected chi connectivity index (χ1v) is 7.34. The first-order valence-electron chi connectivity index (χ1n) is 7.34. The van der Waals surface area contributed by atoms with Crippen LogP contribution in [0.1, 0.15) is 37.3 Å². The highest BCUT2D eigenvalue weighted by molar-refractivity contribution is 5.28. The standard InChI is InChI=1S/C16H20FN3/c17-14-7-5-13(6-8-14)9-10-18-16-19-11-12-20(16)15-3-1-2-4-15/h5-8,11-12,15H,1-4,9-10H2,(H,18,19). The van der Waals surface area contributed by atoms with Crippen molar-refractivity contribution < 1.29 is 4.39 Å². The minimum atomic E-state index is -0.182. The molecule has 0 atom stereocenters. The zero-order chi connectivity index (χ0) is 13.8. The maximum atomic E-state index is 12.8. The monoisotopic (exact) mass is 273 g/mol. The average Bonchev–Trinajstić information content (AvgIpc) is 3.11. The highest BCUT2D eigenvalue weighted by Crippen LogP contribution is 2.31. The summed E-state index contributed by atoms with van der Waals surface area (Å²) in [4.78, 5) is 4.40. The van der Waals surface area contributed by atoms with Gasteiger partial charge in [0.05, 0.1) is 0 Å². The Morgan fingerprint density at radius 1 is 1.20 bits per heavy atom. The number of nitrogens with zero attached hydrogens (tertiary/aromatic N) is 2. The zero-order valence-electron chi connectivity index (χ0n) is 11.6. The summed E-state index contributed by atoms with van der Waals surface area (Å²) in [6.45, 7) is 0.815. The van der Waals surface area contributed by atoms with Gasteiger partial charge in [0.15, 0.2) is 0 Å². The summed E-state index contributed by atoms with van der Waals surface area (Å²) in [6, 6.07) is 7.29. The van der Waals surface area contributed by atoms with E-state index in [1.165, 1.54) is 37.8 Å². The summed E-state index contributed by atoms with van der Waals surface area (Å²) in [5, 5.41) is 3.39.